The average Bonchev–Trinajstić information content (AvgIpc) is 3.10. The maximum Gasteiger partial charge on any atom is 0.323 e. The van der Waals surface area contributed by atoms with Crippen LogP contribution in [0.4, 0.5) is 0 Å². The van der Waals surface area contributed by atoms with Crippen LogP contribution in [0.2, 0.25) is 0 Å². The fraction of sp³-hybridized carbons (Fsp3) is 0.923. The van der Waals surface area contributed by atoms with Crippen molar-refractivity contribution < 1.29 is 9.53 Å². The van der Waals surface area contributed by atoms with Crippen LogP contribution in [0.5, 0.6) is 0 Å². The van der Waals surface area contributed by atoms with Crippen molar-refractivity contribution in [2.75, 3.05) is 7.11 Å². The molecule has 2 aliphatic rings. The lowest BCUT2D eigenvalue weighted by molar-refractivity contribution is -0.144. The molecule has 0 saturated heterocycles. The van der Waals surface area contributed by atoms with E-state index in [1.54, 1.807) is 0 Å². The second-order valence-electron chi connectivity index (χ2n) is 5.42. The van der Waals surface area contributed by atoms with Crippen molar-refractivity contribution in [3.8, 4) is 0 Å². The second kappa shape index (κ2) is 4.74. The number of hydrogen-bond acceptors (Lipinski definition) is 3. The molecule has 0 aliphatic heterocycles. The predicted octanol–water partition coefficient (Wildman–Crippen LogP) is 2.24. The fourth-order valence-corrected chi connectivity index (χ4v) is 3.33. The highest BCUT2D eigenvalue weighted by atomic mass is 16.5. The molecule has 2 N–H and O–H groups in total. The average molecular weight is 225 g/mol. The molecule has 92 valence electrons. The third-order valence-corrected chi connectivity index (χ3v) is 4.57. The van der Waals surface area contributed by atoms with Gasteiger partial charge >= 0.3 is 5.97 Å². The largest absolute Gasteiger partial charge is 0.468 e. The summed E-state index contributed by atoms with van der Waals surface area (Å²) in [5.74, 6) is 0.436. The van der Waals surface area contributed by atoms with Crippen LogP contribution in [0.1, 0.15) is 51.4 Å². The SMILES string of the molecule is COC(=O)C(N)C1(C2CCCCCC2)CC1. The van der Waals surface area contributed by atoms with Crippen LogP contribution >= 0.6 is 0 Å². The van der Waals surface area contributed by atoms with E-state index >= 15 is 0 Å². The molecule has 0 spiro atoms. The third kappa shape index (κ3) is 2.10. The van der Waals surface area contributed by atoms with E-state index in [9.17, 15) is 4.79 Å². The summed E-state index contributed by atoms with van der Waals surface area (Å²) in [4.78, 5) is 11.6. The molecule has 3 heteroatoms. The number of ether oxygens (including phenoxy) is 1. The molecule has 3 nitrogen and oxygen atoms in total. The summed E-state index contributed by atoms with van der Waals surface area (Å²) < 4.78 is 4.80. The van der Waals surface area contributed by atoms with E-state index in [2.05, 4.69) is 0 Å². The summed E-state index contributed by atoms with van der Waals surface area (Å²) in [6.07, 6.45) is 10.1. The summed E-state index contributed by atoms with van der Waals surface area (Å²) in [5, 5.41) is 0. The smallest absolute Gasteiger partial charge is 0.323 e. The molecule has 1 unspecified atom stereocenters. The Morgan fingerprint density at radius 1 is 1.25 bits per heavy atom. The maximum absolute atomic E-state index is 11.6. The van der Waals surface area contributed by atoms with Gasteiger partial charge in [-0.05, 0) is 37.0 Å². The van der Waals surface area contributed by atoms with Crippen molar-refractivity contribution in [1.29, 1.82) is 0 Å². The number of nitrogens with two attached hydrogens (primary N) is 1. The molecule has 0 amide bonds. The first-order valence-corrected chi connectivity index (χ1v) is 6.54. The van der Waals surface area contributed by atoms with Gasteiger partial charge in [-0.15, -0.1) is 0 Å². The predicted molar refractivity (Wildman–Crippen MR) is 62.9 cm³/mol. The van der Waals surface area contributed by atoms with Gasteiger partial charge in [0.1, 0.15) is 6.04 Å². The van der Waals surface area contributed by atoms with Crippen molar-refractivity contribution >= 4 is 5.97 Å². The Morgan fingerprint density at radius 3 is 2.25 bits per heavy atom. The maximum atomic E-state index is 11.6. The lowest BCUT2D eigenvalue weighted by Gasteiger charge is -2.29. The number of esters is 1. The second-order valence-corrected chi connectivity index (χ2v) is 5.42. The molecule has 0 radical (unpaired) electrons. The minimum Gasteiger partial charge on any atom is -0.468 e. The zero-order chi connectivity index (χ0) is 11.6. The first kappa shape index (κ1) is 11.9. The van der Waals surface area contributed by atoms with Gasteiger partial charge in [-0.2, -0.15) is 0 Å². The van der Waals surface area contributed by atoms with Crippen LogP contribution in [0.15, 0.2) is 0 Å². The van der Waals surface area contributed by atoms with Gasteiger partial charge in [0.25, 0.3) is 0 Å². The molecular weight excluding hydrogens is 202 g/mol. The Balaban J connectivity index is 2.03. The molecule has 0 aromatic rings. The molecular formula is C13H23NO2. The quantitative estimate of drug-likeness (QED) is 0.592. The van der Waals surface area contributed by atoms with Gasteiger partial charge in [0.2, 0.25) is 0 Å². The van der Waals surface area contributed by atoms with Crippen LogP contribution in [0.25, 0.3) is 0 Å². The number of carbonyl (C=O) groups excluding carboxylic acids is 1. The van der Waals surface area contributed by atoms with Gasteiger partial charge in [-0.3, -0.25) is 4.79 Å². The number of hydrogen-bond donors (Lipinski definition) is 1. The molecule has 2 saturated carbocycles. The summed E-state index contributed by atoms with van der Waals surface area (Å²) in [6.45, 7) is 0. The Hall–Kier alpha value is -0.570. The van der Waals surface area contributed by atoms with Gasteiger partial charge in [0.05, 0.1) is 7.11 Å². The van der Waals surface area contributed by atoms with E-state index in [0.717, 1.165) is 12.8 Å². The van der Waals surface area contributed by atoms with Gasteiger partial charge in [0.15, 0.2) is 0 Å². The molecule has 2 fully saturated rings. The summed E-state index contributed by atoms with van der Waals surface area (Å²) in [5.41, 5.74) is 6.17. The minimum absolute atomic E-state index is 0.0947. The Labute approximate surface area is 97.7 Å². The summed E-state index contributed by atoms with van der Waals surface area (Å²) in [7, 11) is 1.44. The van der Waals surface area contributed by atoms with E-state index in [4.69, 9.17) is 10.5 Å². The monoisotopic (exact) mass is 225 g/mol. The topological polar surface area (TPSA) is 52.3 Å². The van der Waals surface area contributed by atoms with Crippen molar-refractivity contribution in [2.45, 2.75) is 57.4 Å². The lowest BCUT2D eigenvalue weighted by Crippen LogP contribution is -2.44. The van der Waals surface area contributed by atoms with Crippen molar-refractivity contribution in [1.82, 2.24) is 0 Å². The molecule has 0 heterocycles. The Kier molecular flexibility index (Phi) is 3.53. The Morgan fingerprint density at radius 2 is 1.81 bits per heavy atom. The van der Waals surface area contributed by atoms with Gasteiger partial charge < -0.3 is 10.5 Å². The van der Waals surface area contributed by atoms with E-state index in [1.165, 1.54) is 45.6 Å². The van der Waals surface area contributed by atoms with Crippen LogP contribution in [-0.4, -0.2) is 19.1 Å². The van der Waals surface area contributed by atoms with Crippen LogP contribution < -0.4 is 5.73 Å². The van der Waals surface area contributed by atoms with E-state index in [-0.39, 0.29) is 17.4 Å². The van der Waals surface area contributed by atoms with Gasteiger partial charge in [-0.1, -0.05) is 25.7 Å². The molecule has 2 rings (SSSR count). The van der Waals surface area contributed by atoms with Crippen molar-refractivity contribution in [2.24, 2.45) is 17.1 Å². The molecule has 2 aliphatic carbocycles. The summed E-state index contributed by atoms with van der Waals surface area (Å²) in [6, 6.07) is -0.388. The first-order chi connectivity index (χ1) is 7.70. The highest BCUT2D eigenvalue weighted by Crippen LogP contribution is 2.57. The van der Waals surface area contributed by atoms with Crippen molar-refractivity contribution in [3.63, 3.8) is 0 Å². The van der Waals surface area contributed by atoms with E-state index in [0.29, 0.717) is 5.92 Å². The highest BCUT2D eigenvalue weighted by molar-refractivity contribution is 5.77. The number of methoxy groups -OCH3 is 1. The molecule has 0 aromatic heterocycles. The van der Waals surface area contributed by atoms with Gasteiger partial charge in [-0.25, -0.2) is 0 Å². The Bertz CT molecular complexity index is 253. The molecule has 0 aromatic carbocycles. The minimum atomic E-state index is -0.388. The fourth-order valence-electron chi connectivity index (χ4n) is 3.33. The van der Waals surface area contributed by atoms with Crippen LogP contribution in [0.3, 0.4) is 0 Å². The standard InChI is InChI=1S/C13H23NO2/c1-16-12(15)11(14)13(8-9-13)10-6-4-2-3-5-7-10/h10-11H,2-9,14H2,1H3. The third-order valence-electron chi connectivity index (χ3n) is 4.57. The molecule has 16 heavy (non-hydrogen) atoms. The summed E-state index contributed by atoms with van der Waals surface area (Å²) >= 11 is 0. The normalized spacial score (nSPS) is 26.9. The first-order valence-electron chi connectivity index (χ1n) is 6.54. The van der Waals surface area contributed by atoms with E-state index in [1.807, 2.05) is 0 Å². The van der Waals surface area contributed by atoms with Gasteiger partial charge in [0, 0.05) is 0 Å². The number of rotatable bonds is 3. The number of carbonyl (C=O) groups is 1. The highest BCUT2D eigenvalue weighted by Gasteiger charge is 2.55. The molecule has 0 bridgehead atoms. The van der Waals surface area contributed by atoms with Crippen LogP contribution in [0, 0.1) is 11.3 Å². The zero-order valence-electron chi connectivity index (χ0n) is 10.2. The van der Waals surface area contributed by atoms with E-state index < -0.39 is 0 Å². The molecule has 1 atom stereocenters. The van der Waals surface area contributed by atoms with Crippen LogP contribution in [-0.2, 0) is 9.53 Å². The van der Waals surface area contributed by atoms with Crippen molar-refractivity contribution in [3.05, 3.63) is 0 Å². The zero-order valence-corrected chi connectivity index (χ0v) is 10.2. The lowest BCUT2D eigenvalue weighted by atomic mass is 9.78.